The van der Waals surface area contributed by atoms with Crippen LogP contribution in [0.1, 0.15) is 29.9 Å². The van der Waals surface area contributed by atoms with Crippen LogP contribution in [0.15, 0.2) is 4.52 Å². The zero-order chi connectivity index (χ0) is 17.3. The fourth-order valence-electron chi connectivity index (χ4n) is 4.01. The van der Waals surface area contributed by atoms with Crippen molar-refractivity contribution in [2.75, 3.05) is 46.4 Å². The molecule has 0 radical (unpaired) electrons. The van der Waals surface area contributed by atoms with Crippen LogP contribution in [-0.2, 0) is 11.3 Å². The van der Waals surface area contributed by atoms with Gasteiger partial charge in [-0.15, -0.1) is 0 Å². The number of likely N-dealkylation sites (N-methyl/N-ethyl adjacent to an activating group) is 1. The van der Waals surface area contributed by atoms with E-state index in [1.54, 1.807) is 0 Å². The number of piperazine rings is 1. The van der Waals surface area contributed by atoms with Crippen molar-refractivity contribution in [1.29, 1.82) is 0 Å². The third-order valence-electron chi connectivity index (χ3n) is 5.74. The molecule has 1 aromatic rings. The summed E-state index contributed by atoms with van der Waals surface area (Å²) in [6.45, 7) is 8.57. The van der Waals surface area contributed by atoms with Crippen molar-refractivity contribution in [3.05, 3.63) is 17.0 Å². The number of aliphatic hydroxyl groups excluding tert-OH is 1. The van der Waals surface area contributed by atoms with Crippen LogP contribution in [0.3, 0.4) is 0 Å². The Bertz CT molecular complexity index is 573. The number of rotatable bonds is 4. The minimum absolute atomic E-state index is 0.0315. The van der Waals surface area contributed by atoms with E-state index in [0.717, 1.165) is 56.0 Å². The van der Waals surface area contributed by atoms with Gasteiger partial charge in [0.25, 0.3) is 0 Å². The number of aryl methyl sites for hydroxylation is 2. The van der Waals surface area contributed by atoms with Crippen LogP contribution in [-0.4, -0.2) is 82.8 Å². The molecule has 1 spiro atoms. The number of aliphatic hydroxyl groups is 1. The number of piperidine rings is 1. The van der Waals surface area contributed by atoms with E-state index in [1.807, 2.05) is 18.7 Å². The molecule has 0 bridgehead atoms. The van der Waals surface area contributed by atoms with E-state index in [2.05, 4.69) is 22.0 Å². The summed E-state index contributed by atoms with van der Waals surface area (Å²) in [6, 6.07) is 0. The highest BCUT2D eigenvalue weighted by molar-refractivity contribution is 5.87. The molecular formula is C17H28N4O3. The Labute approximate surface area is 143 Å². The summed E-state index contributed by atoms with van der Waals surface area (Å²) in [6.07, 6.45) is 1.65. The van der Waals surface area contributed by atoms with Crippen LogP contribution in [0.25, 0.3) is 0 Å². The van der Waals surface area contributed by atoms with Crippen molar-refractivity contribution in [1.82, 2.24) is 19.9 Å². The quantitative estimate of drug-likeness (QED) is 0.858. The lowest BCUT2D eigenvalue weighted by Gasteiger charge is -2.51. The van der Waals surface area contributed by atoms with Gasteiger partial charge >= 0.3 is 0 Å². The van der Waals surface area contributed by atoms with Crippen LogP contribution in [0.5, 0.6) is 0 Å². The molecule has 2 fully saturated rings. The Morgan fingerprint density at radius 3 is 2.50 bits per heavy atom. The number of hydrogen-bond donors (Lipinski definition) is 1. The molecule has 7 heteroatoms. The van der Waals surface area contributed by atoms with Crippen molar-refractivity contribution >= 4 is 5.91 Å². The molecule has 0 aromatic carbocycles. The summed E-state index contributed by atoms with van der Waals surface area (Å²) >= 11 is 0. The van der Waals surface area contributed by atoms with Gasteiger partial charge < -0.3 is 14.5 Å². The van der Waals surface area contributed by atoms with Crippen molar-refractivity contribution < 1.29 is 14.4 Å². The molecule has 0 atom stereocenters. The molecular weight excluding hydrogens is 308 g/mol. The fourth-order valence-corrected chi connectivity index (χ4v) is 4.01. The van der Waals surface area contributed by atoms with Gasteiger partial charge in [0.2, 0.25) is 5.91 Å². The summed E-state index contributed by atoms with van der Waals surface area (Å²) in [4.78, 5) is 19.4. The Hall–Kier alpha value is -1.44. The van der Waals surface area contributed by atoms with Crippen molar-refractivity contribution in [3.63, 3.8) is 0 Å². The molecule has 0 aliphatic carbocycles. The lowest BCUT2D eigenvalue weighted by Crippen LogP contribution is -2.67. The van der Waals surface area contributed by atoms with Crippen LogP contribution in [0.2, 0.25) is 0 Å². The molecule has 3 heterocycles. The summed E-state index contributed by atoms with van der Waals surface area (Å²) in [5.41, 5.74) is 1.71. The molecule has 134 valence electrons. The van der Waals surface area contributed by atoms with Crippen LogP contribution in [0.4, 0.5) is 0 Å². The molecule has 2 aliphatic rings. The zero-order valence-corrected chi connectivity index (χ0v) is 14.9. The average Bonchev–Trinajstić information content (AvgIpc) is 2.89. The number of carbonyl (C=O) groups is 1. The number of likely N-dealkylation sites (tertiary alicyclic amines) is 1. The predicted octanol–water partition coefficient (Wildman–Crippen LogP) is 0.392. The Balaban J connectivity index is 1.67. The van der Waals surface area contributed by atoms with Gasteiger partial charge in [-0.25, -0.2) is 0 Å². The first-order valence-electron chi connectivity index (χ1n) is 8.73. The van der Waals surface area contributed by atoms with E-state index < -0.39 is 5.54 Å². The Morgan fingerprint density at radius 1 is 1.21 bits per heavy atom. The number of nitrogens with zero attached hydrogens (tertiary/aromatic N) is 4. The lowest BCUT2D eigenvalue weighted by molar-refractivity contribution is -0.154. The van der Waals surface area contributed by atoms with Gasteiger partial charge in [-0.05, 0) is 33.7 Å². The molecule has 7 nitrogen and oxygen atoms in total. The highest BCUT2D eigenvalue weighted by Crippen LogP contribution is 2.33. The average molecular weight is 336 g/mol. The standard InChI is InChI=1S/C17H28N4O3/c1-13-15(14(2)24-18-13)12-20-6-4-17(5-7-20)16(23)21(10-11-22)9-8-19(17)3/h22H,4-12H2,1-3H3. The van der Waals surface area contributed by atoms with Crippen molar-refractivity contribution in [2.45, 2.75) is 38.8 Å². The first-order chi connectivity index (χ1) is 11.5. The van der Waals surface area contributed by atoms with Gasteiger partial charge in [-0.3, -0.25) is 14.6 Å². The Morgan fingerprint density at radius 2 is 1.92 bits per heavy atom. The van der Waals surface area contributed by atoms with Crippen LogP contribution in [0, 0.1) is 13.8 Å². The van der Waals surface area contributed by atoms with E-state index in [-0.39, 0.29) is 12.5 Å². The second-order valence-corrected chi connectivity index (χ2v) is 7.05. The summed E-state index contributed by atoms with van der Waals surface area (Å²) in [5, 5.41) is 13.2. The van der Waals surface area contributed by atoms with Gasteiger partial charge in [-0.1, -0.05) is 5.16 Å². The van der Waals surface area contributed by atoms with Crippen LogP contribution < -0.4 is 0 Å². The SMILES string of the molecule is Cc1noc(C)c1CN1CCC2(CC1)C(=O)N(CCO)CCN2C. The van der Waals surface area contributed by atoms with E-state index in [0.29, 0.717) is 13.1 Å². The maximum absolute atomic E-state index is 13.0. The number of hydrogen-bond acceptors (Lipinski definition) is 6. The molecule has 2 aliphatic heterocycles. The molecule has 1 aromatic heterocycles. The summed E-state index contributed by atoms with van der Waals surface area (Å²) < 4.78 is 5.25. The maximum atomic E-state index is 13.0. The number of β-amino-alcohol motifs (C(OH)–C–C–N with tert-alkyl or cyclic N) is 1. The fraction of sp³-hybridized carbons (Fsp3) is 0.765. The largest absolute Gasteiger partial charge is 0.395 e. The highest BCUT2D eigenvalue weighted by atomic mass is 16.5. The summed E-state index contributed by atoms with van der Waals surface area (Å²) in [5.74, 6) is 1.06. The first kappa shape index (κ1) is 17.4. The molecule has 0 unspecified atom stereocenters. The number of aromatic nitrogens is 1. The van der Waals surface area contributed by atoms with Crippen LogP contribution >= 0.6 is 0 Å². The topological polar surface area (TPSA) is 73.0 Å². The highest BCUT2D eigenvalue weighted by Gasteiger charge is 2.49. The zero-order valence-electron chi connectivity index (χ0n) is 14.9. The van der Waals surface area contributed by atoms with Gasteiger partial charge in [-0.2, -0.15) is 0 Å². The van der Waals surface area contributed by atoms with E-state index in [9.17, 15) is 9.90 Å². The molecule has 0 saturated carbocycles. The number of carbonyl (C=O) groups excluding carboxylic acids is 1. The third kappa shape index (κ3) is 2.96. The first-order valence-corrected chi connectivity index (χ1v) is 8.73. The van der Waals surface area contributed by atoms with Crippen molar-refractivity contribution in [3.8, 4) is 0 Å². The normalized spacial score (nSPS) is 22.5. The minimum atomic E-state index is -0.400. The van der Waals surface area contributed by atoms with Crippen molar-refractivity contribution in [2.24, 2.45) is 0 Å². The Kier molecular flexibility index (Phi) is 4.94. The van der Waals surface area contributed by atoms with E-state index in [4.69, 9.17) is 4.52 Å². The monoisotopic (exact) mass is 336 g/mol. The second kappa shape index (κ2) is 6.82. The molecule has 1 N–H and O–H groups in total. The summed E-state index contributed by atoms with van der Waals surface area (Å²) in [7, 11) is 2.05. The molecule has 2 saturated heterocycles. The lowest BCUT2D eigenvalue weighted by atomic mass is 9.82. The minimum Gasteiger partial charge on any atom is -0.395 e. The maximum Gasteiger partial charge on any atom is 0.243 e. The van der Waals surface area contributed by atoms with Gasteiger partial charge in [0.05, 0.1) is 12.3 Å². The number of amides is 1. The molecule has 1 amide bonds. The predicted molar refractivity (Wildman–Crippen MR) is 89.5 cm³/mol. The molecule has 3 rings (SSSR count). The van der Waals surface area contributed by atoms with E-state index >= 15 is 0 Å². The van der Waals surface area contributed by atoms with E-state index in [1.165, 1.54) is 0 Å². The second-order valence-electron chi connectivity index (χ2n) is 7.05. The molecule has 24 heavy (non-hydrogen) atoms. The van der Waals surface area contributed by atoms with Gasteiger partial charge in [0, 0.05) is 44.8 Å². The smallest absolute Gasteiger partial charge is 0.243 e. The van der Waals surface area contributed by atoms with Gasteiger partial charge in [0.15, 0.2) is 0 Å². The van der Waals surface area contributed by atoms with Gasteiger partial charge in [0.1, 0.15) is 11.3 Å². The third-order valence-corrected chi connectivity index (χ3v) is 5.74.